The topological polar surface area (TPSA) is 121 Å². The van der Waals surface area contributed by atoms with Gasteiger partial charge < -0.3 is 10.2 Å². The average Bonchev–Trinajstić information content (AvgIpc) is 2.36. The summed E-state index contributed by atoms with van der Waals surface area (Å²) in [5.41, 5.74) is 0.530. The SMILES string of the molecule is CC(c1ccc([N+](=O)[O-])cc1)N(CC(=O)O)CC(=O)O. The van der Waals surface area contributed by atoms with Crippen molar-refractivity contribution in [3.8, 4) is 0 Å². The molecule has 1 aromatic rings. The van der Waals surface area contributed by atoms with Crippen molar-refractivity contribution in [2.75, 3.05) is 13.1 Å². The molecule has 8 heteroatoms. The Morgan fingerprint density at radius 3 is 2.00 bits per heavy atom. The van der Waals surface area contributed by atoms with Crippen molar-refractivity contribution in [1.82, 2.24) is 4.90 Å². The predicted octanol–water partition coefficient (Wildman–Crippen LogP) is 1.13. The standard InChI is InChI=1S/C12H14N2O6/c1-8(13(6-11(15)16)7-12(17)18)9-2-4-10(5-3-9)14(19)20/h2-5,8H,6-7H2,1H3,(H,15,16)(H,17,18). The predicted molar refractivity (Wildman–Crippen MR) is 68.4 cm³/mol. The van der Waals surface area contributed by atoms with Crippen molar-refractivity contribution < 1.29 is 24.7 Å². The molecule has 0 spiro atoms. The molecular weight excluding hydrogens is 268 g/mol. The summed E-state index contributed by atoms with van der Waals surface area (Å²) >= 11 is 0. The van der Waals surface area contributed by atoms with Crippen LogP contribution in [-0.2, 0) is 9.59 Å². The van der Waals surface area contributed by atoms with E-state index in [2.05, 4.69) is 0 Å². The van der Waals surface area contributed by atoms with E-state index in [0.717, 1.165) is 0 Å². The Hall–Kier alpha value is -2.48. The van der Waals surface area contributed by atoms with E-state index >= 15 is 0 Å². The Morgan fingerprint density at radius 1 is 1.20 bits per heavy atom. The average molecular weight is 282 g/mol. The van der Waals surface area contributed by atoms with Gasteiger partial charge in [-0.05, 0) is 12.5 Å². The number of carboxylic acid groups (broad SMARTS) is 2. The Balaban J connectivity index is 2.92. The van der Waals surface area contributed by atoms with E-state index in [4.69, 9.17) is 10.2 Å². The summed E-state index contributed by atoms with van der Waals surface area (Å²) in [4.78, 5) is 32.8. The number of aliphatic carboxylic acids is 2. The fraction of sp³-hybridized carbons (Fsp3) is 0.333. The zero-order chi connectivity index (χ0) is 15.3. The Morgan fingerprint density at radius 2 is 1.65 bits per heavy atom. The molecular formula is C12H14N2O6. The number of nitro groups is 1. The number of nitro benzene ring substituents is 1. The van der Waals surface area contributed by atoms with E-state index in [1.54, 1.807) is 6.92 Å². The van der Waals surface area contributed by atoms with Crippen LogP contribution in [0.15, 0.2) is 24.3 Å². The van der Waals surface area contributed by atoms with Crippen LogP contribution in [0.1, 0.15) is 18.5 Å². The lowest BCUT2D eigenvalue weighted by Crippen LogP contribution is -2.36. The van der Waals surface area contributed by atoms with E-state index in [1.165, 1.54) is 29.2 Å². The first kappa shape index (κ1) is 15.6. The van der Waals surface area contributed by atoms with Crippen LogP contribution in [0.4, 0.5) is 5.69 Å². The summed E-state index contributed by atoms with van der Waals surface area (Å²) in [6.07, 6.45) is 0. The van der Waals surface area contributed by atoms with Crippen LogP contribution in [0.3, 0.4) is 0 Å². The van der Waals surface area contributed by atoms with Gasteiger partial charge >= 0.3 is 11.9 Å². The minimum absolute atomic E-state index is 0.0797. The maximum Gasteiger partial charge on any atom is 0.317 e. The van der Waals surface area contributed by atoms with E-state index < -0.39 is 36.0 Å². The second kappa shape index (κ2) is 6.62. The van der Waals surface area contributed by atoms with Gasteiger partial charge in [-0.25, -0.2) is 0 Å². The van der Waals surface area contributed by atoms with Crippen LogP contribution in [0.2, 0.25) is 0 Å². The quantitative estimate of drug-likeness (QED) is 0.567. The number of non-ortho nitro benzene ring substituents is 1. The highest BCUT2D eigenvalue weighted by atomic mass is 16.6. The molecule has 0 radical (unpaired) electrons. The Kier molecular flexibility index (Phi) is 5.15. The molecule has 2 N–H and O–H groups in total. The van der Waals surface area contributed by atoms with Gasteiger partial charge in [-0.2, -0.15) is 0 Å². The molecule has 0 heterocycles. The van der Waals surface area contributed by atoms with Crippen molar-refractivity contribution >= 4 is 17.6 Å². The zero-order valence-corrected chi connectivity index (χ0v) is 10.7. The van der Waals surface area contributed by atoms with Crippen LogP contribution >= 0.6 is 0 Å². The maximum atomic E-state index is 10.7. The van der Waals surface area contributed by atoms with E-state index in [-0.39, 0.29) is 5.69 Å². The summed E-state index contributed by atoms with van der Waals surface area (Å²) in [7, 11) is 0. The van der Waals surface area contributed by atoms with Crippen LogP contribution in [0.5, 0.6) is 0 Å². The van der Waals surface area contributed by atoms with E-state index in [9.17, 15) is 19.7 Å². The first-order valence-electron chi connectivity index (χ1n) is 5.73. The normalized spacial score (nSPS) is 12.1. The Labute approximate surface area is 114 Å². The van der Waals surface area contributed by atoms with E-state index in [0.29, 0.717) is 5.56 Å². The third-order valence-corrected chi connectivity index (χ3v) is 2.81. The second-order valence-corrected chi connectivity index (χ2v) is 4.22. The first-order valence-corrected chi connectivity index (χ1v) is 5.73. The minimum Gasteiger partial charge on any atom is -0.480 e. The molecule has 0 saturated heterocycles. The minimum atomic E-state index is -1.14. The molecule has 0 aliphatic heterocycles. The molecule has 108 valence electrons. The van der Waals surface area contributed by atoms with Gasteiger partial charge in [0.05, 0.1) is 18.0 Å². The number of hydrogen-bond donors (Lipinski definition) is 2. The lowest BCUT2D eigenvalue weighted by atomic mass is 10.1. The highest BCUT2D eigenvalue weighted by Gasteiger charge is 2.21. The first-order chi connectivity index (χ1) is 9.31. The molecule has 20 heavy (non-hydrogen) atoms. The van der Waals surface area contributed by atoms with Crippen LogP contribution in [-0.4, -0.2) is 45.1 Å². The summed E-state index contributed by atoms with van der Waals surface area (Å²) in [6.45, 7) is 0.794. The molecule has 1 aromatic carbocycles. The maximum absolute atomic E-state index is 10.7. The van der Waals surface area contributed by atoms with Gasteiger partial charge in [-0.1, -0.05) is 12.1 Å². The molecule has 1 atom stereocenters. The fourth-order valence-electron chi connectivity index (χ4n) is 1.76. The van der Waals surface area contributed by atoms with Crippen LogP contribution in [0.25, 0.3) is 0 Å². The van der Waals surface area contributed by atoms with Gasteiger partial charge in [-0.3, -0.25) is 24.6 Å². The lowest BCUT2D eigenvalue weighted by molar-refractivity contribution is -0.384. The zero-order valence-electron chi connectivity index (χ0n) is 10.7. The summed E-state index contributed by atoms with van der Waals surface area (Å²) in [5.74, 6) is -2.28. The molecule has 1 unspecified atom stereocenters. The molecule has 1 rings (SSSR count). The van der Waals surface area contributed by atoms with Gasteiger partial charge in [0.25, 0.3) is 5.69 Å². The van der Waals surface area contributed by atoms with Gasteiger partial charge in [0, 0.05) is 18.2 Å². The van der Waals surface area contributed by atoms with Gasteiger partial charge in [0.1, 0.15) is 0 Å². The number of nitrogens with zero attached hydrogens (tertiary/aromatic N) is 2. The summed E-state index contributed by atoms with van der Waals surface area (Å²) in [5, 5.41) is 28.1. The molecule has 0 bridgehead atoms. The van der Waals surface area contributed by atoms with Crippen LogP contribution < -0.4 is 0 Å². The van der Waals surface area contributed by atoms with Crippen molar-refractivity contribution in [1.29, 1.82) is 0 Å². The summed E-state index contributed by atoms with van der Waals surface area (Å²) < 4.78 is 0. The second-order valence-electron chi connectivity index (χ2n) is 4.22. The number of carboxylic acids is 2. The van der Waals surface area contributed by atoms with E-state index in [1.807, 2.05) is 0 Å². The number of rotatable bonds is 7. The number of hydrogen-bond acceptors (Lipinski definition) is 5. The molecule has 8 nitrogen and oxygen atoms in total. The smallest absolute Gasteiger partial charge is 0.317 e. The van der Waals surface area contributed by atoms with Crippen molar-refractivity contribution in [2.45, 2.75) is 13.0 Å². The third kappa shape index (κ3) is 4.32. The number of carbonyl (C=O) groups is 2. The monoisotopic (exact) mass is 282 g/mol. The molecule has 0 amide bonds. The van der Waals surface area contributed by atoms with Crippen molar-refractivity contribution in [3.63, 3.8) is 0 Å². The van der Waals surface area contributed by atoms with Crippen LogP contribution in [0, 0.1) is 10.1 Å². The number of benzene rings is 1. The van der Waals surface area contributed by atoms with Gasteiger partial charge in [0.2, 0.25) is 0 Å². The Bertz CT molecular complexity index is 497. The van der Waals surface area contributed by atoms with Gasteiger partial charge in [-0.15, -0.1) is 0 Å². The molecule has 0 saturated carbocycles. The fourth-order valence-corrected chi connectivity index (χ4v) is 1.76. The third-order valence-electron chi connectivity index (χ3n) is 2.81. The van der Waals surface area contributed by atoms with Crippen molar-refractivity contribution in [3.05, 3.63) is 39.9 Å². The molecule has 0 aliphatic carbocycles. The molecule has 0 aromatic heterocycles. The largest absolute Gasteiger partial charge is 0.480 e. The highest BCUT2D eigenvalue weighted by Crippen LogP contribution is 2.22. The van der Waals surface area contributed by atoms with Gasteiger partial charge in [0.15, 0.2) is 0 Å². The highest BCUT2D eigenvalue weighted by molar-refractivity contribution is 5.72. The van der Waals surface area contributed by atoms with Crippen molar-refractivity contribution in [2.24, 2.45) is 0 Å². The molecule has 0 aliphatic rings. The summed E-state index contributed by atoms with van der Waals surface area (Å²) in [6, 6.07) is 5.08. The molecule has 0 fully saturated rings. The lowest BCUT2D eigenvalue weighted by Gasteiger charge is -2.26.